The number of methoxy groups -OCH3 is 2. The monoisotopic (exact) mass is 249 g/mol. The Morgan fingerprint density at radius 3 is 3.00 bits per heavy atom. The fourth-order valence-electron chi connectivity index (χ4n) is 2.12. The number of nitrogens with zero attached hydrogens (tertiary/aromatic N) is 2. The third kappa shape index (κ3) is 2.56. The van der Waals surface area contributed by atoms with E-state index in [0.717, 1.165) is 17.9 Å². The van der Waals surface area contributed by atoms with Crippen molar-refractivity contribution in [3.63, 3.8) is 0 Å². The van der Waals surface area contributed by atoms with Gasteiger partial charge in [0.1, 0.15) is 5.75 Å². The molecule has 0 amide bonds. The molecule has 0 fully saturated rings. The molecule has 1 aromatic carbocycles. The number of aliphatic imine (C=N–C) groups is 1. The van der Waals surface area contributed by atoms with E-state index in [1.807, 2.05) is 18.2 Å². The van der Waals surface area contributed by atoms with Gasteiger partial charge in [0.05, 0.1) is 26.3 Å². The lowest BCUT2D eigenvalue weighted by Crippen LogP contribution is -2.38. The van der Waals surface area contributed by atoms with Gasteiger partial charge in [-0.3, -0.25) is 4.99 Å². The second-order valence-corrected chi connectivity index (χ2v) is 4.18. The number of ether oxygens (including phenoxy) is 2. The Kier molecular flexibility index (Phi) is 4.04. The van der Waals surface area contributed by atoms with E-state index >= 15 is 0 Å². The van der Waals surface area contributed by atoms with Crippen molar-refractivity contribution < 1.29 is 9.47 Å². The van der Waals surface area contributed by atoms with Crippen LogP contribution in [0.25, 0.3) is 0 Å². The summed E-state index contributed by atoms with van der Waals surface area (Å²) < 4.78 is 10.4. The highest BCUT2D eigenvalue weighted by atomic mass is 16.5. The molecule has 1 aliphatic rings. The average Bonchev–Trinajstić information content (AvgIpc) is 2.77. The van der Waals surface area contributed by atoms with Gasteiger partial charge in [-0.1, -0.05) is 12.1 Å². The van der Waals surface area contributed by atoms with Crippen molar-refractivity contribution >= 4 is 5.96 Å². The van der Waals surface area contributed by atoms with Gasteiger partial charge < -0.3 is 20.1 Å². The van der Waals surface area contributed by atoms with Gasteiger partial charge in [0.25, 0.3) is 0 Å². The van der Waals surface area contributed by atoms with Crippen LogP contribution in [0, 0.1) is 0 Å². The molecule has 5 nitrogen and oxygen atoms in total. The van der Waals surface area contributed by atoms with Crippen molar-refractivity contribution in [2.45, 2.75) is 6.04 Å². The Hall–Kier alpha value is -1.75. The predicted molar refractivity (Wildman–Crippen MR) is 70.8 cm³/mol. The first-order valence-corrected chi connectivity index (χ1v) is 5.95. The van der Waals surface area contributed by atoms with E-state index in [0.29, 0.717) is 19.1 Å². The number of benzene rings is 1. The Labute approximate surface area is 107 Å². The molecule has 0 aromatic heterocycles. The SMILES string of the molecule is COCCN1C(N)=NCC1c1cccc(OC)c1. The molecule has 18 heavy (non-hydrogen) atoms. The lowest BCUT2D eigenvalue weighted by Gasteiger charge is -2.26. The van der Waals surface area contributed by atoms with Crippen LogP contribution in [0.5, 0.6) is 5.75 Å². The van der Waals surface area contributed by atoms with E-state index in [-0.39, 0.29) is 6.04 Å². The molecule has 2 N–H and O–H groups in total. The van der Waals surface area contributed by atoms with Gasteiger partial charge in [0.2, 0.25) is 0 Å². The molecule has 5 heteroatoms. The minimum absolute atomic E-state index is 0.176. The molecule has 1 atom stereocenters. The van der Waals surface area contributed by atoms with Crippen LogP contribution < -0.4 is 10.5 Å². The summed E-state index contributed by atoms with van der Waals surface area (Å²) in [6.07, 6.45) is 0. The first kappa shape index (κ1) is 12.7. The minimum Gasteiger partial charge on any atom is -0.497 e. The highest BCUT2D eigenvalue weighted by Gasteiger charge is 2.27. The molecule has 1 heterocycles. The van der Waals surface area contributed by atoms with Crippen molar-refractivity contribution in [3.8, 4) is 5.75 Å². The molecule has 1 aromatic rings. The van der Waals surface area contributed by atoms with E-state index in [2.05, 4.69) is 16.0 Å². The molecule has 0 radical (unpaired) electrons. The van der Waals surface area contributed by atoms with Crippen LogP contribution in [-0.4, -0.2) is 44.8 Å². The van der Waals surface area contributed by atoms with E-state index in [1.54, 1.807) is 14.2 Å². The second-order valence-electron chi connectivity index (χ2n) is 4.18. The average molecular weight is 249 g/mol. The second kappa shape index (κ2) is 5.73. The molecule has 1 aliphatic heterocycles. The quantitative estimate of drug-likeness (QED) is 0.846. The number of rotatable bonds is 5. The zero-order valence-electron chi connectivity index (χ0n) is 10.8. The highest BCUT2D eigenvalue weighted by Crippen LogP contribution is 2.27. The Morgan fingerprint density at radius 2 is 2.28 bits per heavy atom. The Bertz CT molecular complexity index is 434. The van der Waals surface area contributed by atoms with Crippen molar-refractivity contribution in [1.82, 2.24) is 4.90 Å². The zero-order valence-corrected chi connectivity index (χ0v) is 10.8. The lowest BCUT2D eigenvalue weighted by molar-refractivity contribution is 0.166. The van der Waals surface area contributed by atoms with Crippen LogP contribution in [-0.2, 0) is 4.74 Å². The number of guanidine groups is 1. The molecule has 2 rings (SSSR count). The largest absolute Gasteiger partial charge is 0.497 e. The fourth-order valence-corrected chi connectivity index (χ4v) is 2.12. The van der Waals surface area contributed by atoms with Crippen LogP contribution in [0.3, 0.4) is 0 Å². The first-order valence-electron chi connectivity index (χ1n) is 5.95. The molecule has 0 bridgehead atoms. The number of hydrogen-bond donors (Lipinski definition) is 1. The normalized spacial score (nSPS) is 18.9. The summed E-state index contributed by atoms with van der Waals surface area (Å²) in [5.41, 5.74) is 7.07. The van der Waals surface area contributed by atoms with Gasteiger partial charge in [0.15, 0.2) is 5.96 Å². The maximum Gasteiger partial charge on any atom is 0.192 e. The maximum absolute atomic E-state index is 5.91. The van der Waals surface area contributed by atoms with E-state index in [4.69, 9.17) is 15.2 Å². The number of nitrogens with two attached hydrogens (primary N) is 1. The summed E-state index contributed by atoms with van der Waals surface area (Å²) in [6.45, 7) is 2.06. The fraction of sp³-hybridized carbons (Fsp3) is 0.462. The summed E-state index contributed by atoms with van der Waals surface area (Å²) in [7, 11) is 3.35. The summed E-state index contributed by atoms with van der Waals surface area (Å²) in [6, 6.07) is 8.19. The third-order valence-corrected chi connectivity index (χ3v) is 3.11. The molecule has 0 saturated heterocycles. The third-order valence-electron chi connectivity index (χ3n) is 3.11. The van der Waals surface area contributed by atoms with Gasteiger partial charge in [-0.05, 0) is 17.7 Å². The molecule has 1 unspecified atom stereocenters. The molecule has 0 spiro atoms. The maximum atomic E-state index is 5.91. The molecule has 0 saturated carbocycles. The van der Waals surface area contributed by atoms with Crippen LogP contribution in [0.1, 0.15) is 11.6 Å². The molecular weight excluding hydrogens is 230 g/mol. The van der Waals surface area contributed by atoms with Gasteiger partial charge in [-0.25, -0.2) is 0 Å². The topological polar surface area (TPSA) is 60.1 Å². The molecule has 98 valence electrons. The van der Waals surface area contributed by atoms with Crippen molar-refractivity contribution in [1.29, 1.82) is 0 Å². The van der Waals surface area contributed by atoms with Crippen molar-refractivity contribution in [3.05, 3.63) is 29.8 Å². The molecule has 0 aliphatic carbocycles. The van der Waals surface area contributed by atoms with Crippen LogP contribution in [0.2, 0.25) is 0 Å². The van der Waals surface area contributed by atoms with Crippen LogP contribution in [0.15, 0.2) is 29.3 Å². The van der Waals surface area contributed by atoms with Gasteiger partial charge in [-0.15, -0.1) is 0 Å². The first-order chi connectivity index (χ1) is 8.76. The highest BCUT2D eigenvalue weighted by molar-refractivity contribution is 5.80. The van der Waals surface area contributed by atoms with Gasteiger partial charge in [0, 0.05) is 13.7 Å². The zero-order chi connectivity index (χ0) is 13.0. The number of hydrogen-bond acceptors (Lipinski definition) is 5. The van der Waals surface area contributed by atoms with Gasteiger partial charge >= 0.3 is 0 Å². The van der Waals surface area contributed by atoms with E-state index < -0.39 is 0 Å². The van der Waals surface area contributed by atoms with E-state index in [1.165, 1.54) is 0 Å². The standard InChI is InChI=1S/C13H19N3O2/c1-17-7-6-16-12(9-15-13(16)14)10-4-3-5-11(8-10)18-2/h3-5,8,12H,6-7,9H2,1-2H3,(H2,14,15). The van der Waals surface area contributed by atoms with Crippen molar-refractivity contribution in [2.24, 2.45) is 10.7 Å². The Morgan fingerprint density at radius 1 is 1.44 bits per heavy atom. The summed E-state index contributed by atoms with van der Waals surface area (Å²) in [5, 5.41) is 0. The van der Waals surface area contributed by atoms with E-state index in [9.17, 15) is 0 Å². The predicted octanol–water partition coefficient (Wildman–Crippen LogP) is 1.01. The lowest BCUT2D eigenvalue weighted by atomic mass is 10.1. The van der Waals surface area contributed by atoms with Crippen LogP contribution >= 0.6 is 0 Å². The minimum atomic E-state index is 0.176. The van der Waals surface area contributed by atoms with Crippen LogP contribution in [0.4, 0.5) is 0 Å². The summed E-state index contributed by atoms with van der Waals surface area (Å²) >= 11 is 0. The summed E-state index contributed by atoms with van der Waals surface area (Å²) in [4.78, 5) is 6.38. The van der Waals surface area contributed by atoms with Crippen molar-refractivity contribution in [2.75, 3.05) is 33.9 Å². The molecular formula is C13H19N3O2. The Balaban J connectivity index is 2.16. The smallest absolute Gasteiger partial charge is 0.192 e. The van der Waals surface area contributed by atoms with Gasteiger partial charge in [-0.2, -0.15) is 0 Å². The summed E-state index contributed by atoms with van der Waals surface area (Å²) in [5.74, 6) is 1.43.